The van der Waals surface area contributed by atoms with E-state index in [4.69, 9.17) is 9.47 Å². The number of thiophene rings is 1. The molecule has 2 heterocycles. The zero-order valence-electron chi connectivity index (χ0n) is 11.8. The maximum atomic E-state index is 5.82. The van der Waals surface area contributed by atoms with Crippen molar-refractivity contribution in [2.75, 3.05) is 7.11 Å². The highest BCUT2D eigenvalue weighted by Gasteiger charge is 2.21. The topological polar surface area (TPSA) is 30.5 Å². The van der Waals surface area contributed by atoms with Gasteiger partial charge in [-0.15, -0.1) is 11.3 Å². The number of fused-ring (bicyclic) bond motifs is 1. The lowest BCUT2D eigenvalue weighted by Crippen LogP contribution is -2.12. The second-order valence-corrected chi connectivity index (χ2v) is 6.12. The van der Waals surface area contributed by atoms with Gasteiger partial charge in [-0.1, -0.05) is 6.07 Å². The smallest absolute Gasteiger partial charge is 0.123 e. The molecule has 1 aliphatic rings. The van der Waals surface area contributed by atoms with E-state index in [1.54, 1.807) is 18.4 Å². The molecule has 4 heteroatoms. The molecule has 3 nitrogen and oxygen atoms in total. The van der Waals surface area contributed by atoms with Gasteiger partial charge in [-0.25, -0.2) is 0 Å². The van der Waals surface area contributed by atoms with E-state index in [-0.39, 0.29) is 6.10 Å². The van der Waals surface area contributed by atoms with E-state index in [0.717, 1.165) is 36.6 Å². The highest BCUT2D eigenvalue weighted by Crippen LogP contribution is 2.34. The Kier molecular flexibility index (Phi) is 3.94. The zero-order chi connectivity index (χ0) is 13.9. The highest BCUT2D eigenvalue weighted by atomic mass is 32.1. The van der Waals surface area contributed by atoms with Crippen molar-refractivity contribution >= 4 is 11.3 Å². The predicted molar refractivity (Wildman–Crippen MR) is 81.7 cm³/mol. The summed E-state index contributed by atoms with van der Waals surface area (Å²) in [5.74, 6) is 1.95. The van der Waals surface area contributed by atoms with Crippen molar-refractivity contribution in [2.45, 2.75) is 32.5 Å². The minimum Gasteiger partial charge on any atom is -0.496 e. The first-order chi connectivity index (χ1) is 9.76. The lowest BCUT2D eigenvalue weighted by Gasteiger charge is -2.11. The predicted octanol–water partition coefficient (Wildman–Crippen LogP) is 3.37. The maximum absolute atomic E-state index is 5.82. The molecule has 1 aliphatic heterocycles. The Bertz CT molecular complexity index is 580. The molecule has 1 atom stereocenters. The Morgan fingerprint density at radius 2 is 2.30 bits per heavy atom. The largest absolute Gasteiger partial charge is 0.496 e. The summed E-state index contributed by atoms with van der Waals surface area (Å²) in [4.78, 5) is 1.34. The van der Waals surface area contributed by atoms with Crippen LogP contribution in [0.5, 0.6) is 11.5 Å². The molecule has 0 aliphatic carbocycles. The van der Waals surface area contributed by atoms with Crippen LogP contribution in [0.15, 0.2) is 29.6 Å². The molecule has 3 rings (SSSR count). The van der Waals surface area contributed by atoms with Gasteiger partial charge in [-0.3, -0.25) is 0 Å². The third-order valence-corrected chi connectivity index (χ3v) is 4.37. The molecule has 2 aromatic rings. The van der Waals surface area contributed by atoms with Crippen LogP contribution in [-0.2, 0) is 19.5 Å². The Hall–Kier alpha value is -1.52. The maximum Gasteiger partial charge on any atom is 0.123 e. The van der Waals surface area contributed by atoms with Crippen LogP contribution >= 0.6 is 11.3 Å². The average Bonchev–Trinajstić information content (AvgIpc) is 3.05. The van der Waals surface area contributed by atoms with Crippen LogP contribution in [0.1, 0.15) is 22.9 Å². The number of hydrogen-bond acceptors (Lipinski definition) is 4. The van der Waals surface area contributed by atoms with Gasteiger partial charge in [0.2, 0.25) is 0 Å². The van der Waals surface area contributed by atoms with E-state index in [2.05, 4.69) is 41.9 Å². The number of benzene rings is 1. The fourth-order valence-corrected chi connectivity index (χ4v) is 3.22. The number of hydrogen-bond donors (Lipinski definition) is 1. The molecule has 20 heavy (non-hydrogen) atoms. The van der Waals surface area contributed by atoms with Crippen LogP contribution in [-0.4, -0.2) is 13.2 Å². The summed E-state index contributed by atoms with van der Waals surface area (Å²) in [6.07, 6.45) is 1.23. The van der Waals surface area contributed by atoms with Crippen molar-refractivity contribution in [2.24, 2.45) is 0 Å². The molecule has 0 amide bonds. The van der Waals surface area contributed by atoms with Crippen LogP contribution in [0.2, 0.25) is 0 Å². The van der Waals surface area contributed by atoms with Crippen molar-refractivity contribution in [3.8, 4) is 11.5 Å². The molecule has 0 fully saturated rings. The molecule has 1 unspecified atom stereocenters. The van der Waals surface area contributed by atoms with E-state index in [1.807, 2.05) is 0 Å². The van der Waals surface area contributed by atoms with Crippen LogP contribution in [0.25, 0.3) is 0 Å². The van der Waals surface area contributed by atoms with Gasteiger partial charge in [0.15, 0.2) is 0 Å². The average molecular weight is 289 g/mol. The van der Waals surface area contributed by atoms with Crippen LogP contribution < -0.4 is 14.8 Å². The summed E-state index contributed by atoms with van der Waals surface area (Å²) in [7, 11) is 1.73. The van der Waals surface area contributed by atoms with Crippen molar-refractivity contribution in [1.82, 2.24) is 5.32 Å². The van der Waals surface area contributed by atoms with Gasteiger partial charge in [0.1, 0.15) is 17.6 Å². The van der Waals surface area contributed by atoms with Gasteiger partial charge in [0.05, 0.1) is 7.11 Å². The van der Waals surface area contributed by atoms with Gasteiger partial charge < -0.3 is 14.8 Å². The number of rotatable bonds is 5. The Morgan fingerprint density at radius 1 is 1.40 bits per heavy atom. The Balaban J connectivity index is 1.70. The molecule has 0 saturated heterocycles. The summed E-state index contributed by atoms with van der Waals surface area (Å²) < 4.78 is 11.3. The molecule has 0 spiro atoms. The van der Waals surface area contributed by atoms with Crippen molar-refractivity contribution in [1.29, 1.82) is 0 Å². The Labute approximate surface area is 123 Å². The molecule has 0 bridgehead atoms. The highest BCUT2D eigenvalue weighted by molar-refractivity contribution is 7.09. The van der Waals surface area contributed by atoms with Crippen LogP contribution in [0.4, 0.5) is 0 Å². The lowest BCUT2D eigenvalue weighted by atomic mass is 10.1. The third kappa shape index (κ3) is 2.81. The van der Waals surface area contributed by atoms with Gasteiger partial charge in [0.25, 0.3) is 0 Å². The van der Waals surface area contributed by atoms with Crippen LogP contribution in [0, 0.1) is 0 Å². The van der Waals surface area contributed by atoms with E-state index < -0.39 is 0 Å². The van der Waals surface area contributed by atoms with E-state index in [1.165, 1.54) is 10.4 Å². The third-order valence-electron chi connectivity index (χ3n) is 3.49. The molecule has 0 radical (unpaired) electrons. The lowest BCUT2D eigenvalue weighted by molar-refractivity contribution is 0.254. The number of nitrogens with one attached hydrogen (secondary N) is 1. The Morgan fingerprint density at radius 3 is 3.05 bits per heavy atom. The summed E-state index contributed by atoms with van der Waals surface area (Å²) in [5.41, 5.74) is 2.40. The van der Waals surface area contributed by atoms with Gasteiger partial charge in [0, 0.05) is 35.5 Å². The summed E-state index contributed by atoms with van der Waals surface area (Å²) in [6, 6.07) is 8.44. The first kappa shape index (κ1) is 13.5. The van der Waals surface area contributed by atoms with E-state index >= 15 is 0 Å². The molecule has 1 aromatic heterocycles. The SMILES string of the molecule is COc1cc2c(cc1CNCc1cccs1)OC(C)C2. The van der Waals surface area contributed by atoms with Gasteiger partial charge >= 0.3 is 0 Å². The summed E-state index contributed by atoms with van der Waals surface area (Å²) in [6.45, 7) is 3.77. The fraction of sp³-hybridized carbons (Fsp3) is 0.375. The van der Waals surface area contributed by atoms with E-state index in [9.17, 15) is 0 Å². The first-order valence-electron chi connectivity index (χ1n) is 6.86. The van der Waals surface area contributed by atoms with Crippen LogP contribution in [0.3, 0.4) is 0 Å². The monoisotopic (exact) mass is 289 g/mol. The second kappa shape index (κ2) is 5.85. The quantitative estimate of drug-likeness (QED) is 0.915. The fourth-order valence-electron chi connectivity index (χ4n) is 2.54. The van der Waals surface area contributed by atoms with Crippen molar-refractivity contribution < 1.29 is 9.47 Å². The zero-order valence-corrected chi connectivity index (χ0v) is 12.6. The molecular formula is C16H19NO2S. The van der Waals surface area contributed by atoms with Gasteiger partial charge in [-0.05, 0) is 30.5 Å². The summed E-state index contributed by atoms with van der Waals surface area (Å²) in [5, 5.41) is 5.56. The summed E-state index contributed by atoms with van der Waals surface area (Å²) >= 11 is 1.77. The van der Waals surface area contributed by atoms with E-state index in [0.29, 0.717) is 0 Å². The molecule has 106 valence electrons. The second-order valence-electron chi connectivity index (χ2n) is 5.09. The standard InChI is InChI=1S/C16H19NO2S/c1-11-6-12-7-15(18-2)13(8-16(12)19-11)9-17-10-14-4-3-5-20-14/h3-5,7-8,11,17H,6,9-10H2,1-2H3. The van der Waals surface area contributed by atoms with Gasteiger partial charge in [-0.2, -0.15) is 0 Å². The minimum atomic E-state index is 0.268. The molecular weight excluding hydrogens is 270 g/mol. The number of methoxy groups -OCH3 is 1. The van der Waals surface area contributed by atoms with Crippen molar-refractivity contribution in [3.63, 3.8) is 0 Å². The normalized spacial score (nSPS) is 16.8. The van der Waals surface area contributed by atoms with Crippen molar-refractivity contribution in [3.05, 3.63) is 45.6 Å². The minimum absolute atomic E-state index is 0.268. The number of ether oxygens (including phenoxy) is 2. The molecule has 1 aromatic carbocycles. The first-order valence-corrected chi connectivity index (χ1v) is 7.74. The molecule has 1 N–H and O–H groups in total. The molecule has 0 saturated carbocycles.